The molecule has 2 nitrogen and oxygen atoms in total. The number of hydrogen-bond acceptors (Lipinski definition) is 2. The topological polar surface area (TPSA) is 24.1 Å². The number of thiocarbonyl (C=S) groups is 1. The van der Waals surface area contributed by atoms with Crippen molar-refractivity contribution in [3.05, 3.63) is 37.1 Å². The second-order valence-corrected chi connectivity index (χ2v) is 3.64. The molecule has 0 amide bonds. The van der Waals surface area contributed by atoms with E-state index in [-0.39, 0.29) is 0 Å². The fourth-order valence-corrected chi connectivity index (χ4v) is 1.74. The monoisotopic (exact) mass is 238 g/mol. The van der Waals surface area contributed by atoms with Crippen LogP contribution in [0.25, 0.3) is 0 Å². The molecule has 0 bridgehead atoms. The Balaban J connectivity index is 0.00000106. The van der Waals surface area contributed by atoms with Crippen LogP contribution in [0.15, 0.2) is 37.1 Å². The van der Waals surface area contributed by atoms with E-state index in [2.05, 4.69) is 23.8 Å². The van der Waals surface area contributed by atoms with E-state index in [0.717, 1.165) is 23.7 Å². The summed E-state index contributed by atoms with van der Waals surface area (Å²) in [7, 11) is 0. The predicted octanol–water partition coefficient (Wildman–Crippen LogP) is 2.94. The van der Waals surface area contributed by atoms with Gasteiger partial charge in [-0.15, -0.1) is 0 Å². The maximum Gasteiger partial charge on any atom is 0.0969 e. The maximum absolute atomic E-state index is 5.27. The van der Waals surface area contributed by atoms with Crippen LogP contribution in [-0.4, -0.2) is 17.6 Å². The van der Waals surface area contributed by atoms with E-state index in [1.165, 1.54) is 6.42 Å². The fourth-order valence-electron chi connectivity index (χ4n) is 1.43. The number of hydrogen-bond donors (Lipinski definition) is 2. The Morgan fingerprint density at radius 3 is 2.56 bits per heavy atom. The lowest BCUT2D eigenvalue weighted by Crippen LogP contribution is -2.38. The first-order valence-corrected chi connectivity index (χ1v) is 6.18. The molecule has 3 heteroatoms. The summed E-state index contributed by atoms with van der Waals surface area (Å²) in [4.78, 5) is 0.843. The van der Waals surface area contributed by atoms with Crippen molar-refractivity contribution in [3.8, 4) is 0 Å². The molecule has 1 fully saturated rings. The quantitative estimate of drug-likeness (QED) is 0.582. The number of allylic oxidation sites excluding steroid dienone is 3. The van der Waals surface area contributed by atoms with Crippen LogP contribution >= 0.6 is 12.2 Å². The summed E-state index contributed by atoms with van der Waals surface area (Å²) < 4.78 is 0. The zero-order chi connectivity index (χ0) is 12.4. The summed E-state index contributed by atoms with van der Waals surface area (Å²) in [5, 5.41) is 6.49. The summed E-state index contributed by atoms with van der Waals surface area (Å²) in [6.45, 7) is 12.4. The highest BCUT2D eigenvalue weighted by Crippen LogP contribution is 2.07. The predicted molar refractivity (Wildman–Crippen MR) is 76.6 cm³/mol. The van der Waals surface area contributed by atoms with Gasteiger partial charge in [0.15, 0.2) is 0 Å². The molecule has 0 aromatic heterocycles. The van der Waals surface area contributed by atoms with Gasteiger partial charge in [0.1, 0.15) is 0 Å². The molecule has 16 heavy (non-hydrogen) atoms. The van der Waals surface area contributed by atoms with Crippen molar-refractivity contribution >= 4 is 17.2 Å². The third-order valence-corrected chi connectivity index (χ3v) is 2.55. The minimum Gasteiger partial charge on any atom is -0.349 e. The third-order valence-electron chi connectivity index (χ3n) is 2.16. The molecule has 1 atom stereocenters. The molecule has 1 aliphatic heterocycles. The minimum atomic E-state index is 0.318. The Hall–Kier alpha value is -0.930. The first-order chi connectivity index (χ1) is 7.77. The molecule has 0 aliphatic carbocycles. The molecule has 1 saturated heterocycles. The van der Waals surface area contributed by atoms with Gasteiger partial charge < -0.3 is 10.6 Å². The Morgan fingerprint density at radius 2 is 2.12 bits per heavy atom. The molecule has 90 valence electrons. The molecule has 1 rings (SSSR count). The Morgan fingerprint density at radius 1 is 1.44 bits per heavy atom. The van der Waals surface area contributed by atoms with Gasteiger partial charge in [0.25, 0.3) is 0 Å². The first-order valence-electron chi connectivity index (χ1n) is 5.77. The van der Waals surface area contributed by atoms with E-state index in [1.54, 1.807) is 12.2 Å². The van der Waals surface area contributed by atoms with Crippen molar-refractivity contribution in [2.24, 2.45) is 0 Å². The van der Waals surface area contributed by atoms with Crippen LogP contribution < -0.4 is 10.6 Å². The summed E-state index contributed by atoms with van der Waals surface area (Å²) in [5.41, 5.74) is 0.902. The standard InChI is InChI=1S/C11H16N2S.C2H6/c1-3-6-9(4-2)13-11(14)10-7-5-8-12-10;1-2/h3-4,6,10,12H,1-2,5,7-8H2,(H,13,14);1-2H3/b9-6+;. The Bertz CT molecular complexity index is 263. The average molecular weight is 238 g/mol. The van der Waals surface area contributed by atoms with Gasteiger partial charge in [-0.1, -0.05) is 45.3 Å². The van der Waals surface area contributed by atoms with Crippen molar-refractivity contribution in [2.75, 3.05) is 6.54 Å². The second kappa shape index (κ2) is 9.31. The molecule has 1 aliphatic rings. The Kier molecular flexibility index (Phi) is 8.77. The SMILES string of the molecule is C=C/C=C(\C=C)NC(=S)C1CCCN1.CC. The van der Waals surface area contributed by atoms with E-state index in [4.69, 9.17) is 12.2 Å². The lowest BCUT2D eigenvalue weighted by atomic mass is 10.2. The van der Waals surface area contributed by atoms with Crippen LogP contribution in [-0.2, 0) is 0 Å². The molecule has 0 saturated carbocycles. The second-order valence-electron chi connectivity index (χ2n) is 3.20. The van der Waals surface area contributed by atoms with Crippen LogP contribution in [0.5, 0.6) is 0 Å². The largest absolute Gasteiger partial charge is 0.349 e. The highest BCUT2D eigenvalue weighted by Gasteiger charge is 2.18. The molecule has 0 radical (unpaired) electrons. The summed E-state index contributed by atoms with van der Waals surface area (Å²) in [6, 6.07) is 0.318. The Labute approximate surface area is 105 Å². The van der Waals surface area contributed by atoms with Gasteiger partial charge in [-0.2, -0.15) is 0 Å². The molecule has 2 N–H and O–H groups in total. The summed E-state index contributed by atoms with van der Waals surface area (Å²) in [5.74, 6) is 0. The van der Waals surface area contributed by atoms with Crippen LogP contribution in [0.4, 0.5) is 0 Å². The van der Waals surface area contributed by atoms with Gasteiger partial charge in [0.2, 0.25) is 0 Å². The number of rotatable bonds is 4. The van der Waals surface area contributed by atoms with Gasteiger partial charge >= 0.3 is 0 Å². The maximum atomic E-state index is 5.27. The minimum absolute atomic E-state index is 0.318. The highest BCUT2D eigenvalue weighted by atomic mass is 32.1. The smallest absolute Gasteiger partial charge is 0.0969 e. The van der Waals surface area contributed by atoms with Crippen molar-refractivity contribution in [1.29, 1.82) is 0 Å². The summed E-state index contributed by atoms with van der Waals surface area (Å²) in [6.07, 6.45) is 7.62. The van der Waals surface area contributed by atoms with Crippen LogP contribution in [0.2, 0.25) is 0 Å². The normalized spacial score (nSPS) is 19.4. The van der Waals surface area contributed by atoms with Gasteiger partial charge in [-0.25, -0.2) is 0 Å². The van der Waals surface area contributed by atoms with Crippen LogP contribution in [0, 0.1) is 0 Å². The summed E-state index contributed by atoms with van der Waals surface area (Å²) >= 11 is 5.27. The van der Waals surface area contributed by atoms with E-state index in [0.29, 0.717) is 6.04 Å². The molecule has 1 unspecified atom stereocenters. The molecule has 0 aromatic rings. The lowest BCUT2D eigenvalue weighted by Gasteiger charge is -2.14. The molecular formula is C13H22N2S. The average Bonchev–Trinajstić information content (AvgIpc) is 2.84. The third kappa shape index (κ3) is 5.24. The van der Waals surface area contributed by atoms with Crippen molar-refractivity contribution in [3.63, 3.8) is 0 Å². The zero-order valence-electron chi connectivity index (χ0n) is 10.3. The van der Waals surface area contributed by atoms with Crippen molar-refractivity contribution in [2.45, 2.75) is 32.7 Å². The van der Waals surface area contributed by atoms with Crippen molar-refractivity contribution < 1.29 is 0 Å². The lowest BCUT2D eigenvalue weighted by molar-refractivity contribution is 0.753. The van der Waals surface area contributed by atoms with E-state index in [9.17, 15) is 0 Å². The van der Waals surface area contributed by atoms with E-state index >= 15 is 0 Å². The van der Waals surface area contributed by atoms with E-state index < -0.39 is 0 Å². The van der Waals surface area contributed by atoms with Gasteiger partial charge in [-0.05, 0) is 31.5 Å². The molecule has 1 heterocycles. The van der Waals surface area contributed by atoms with Gasteiger partial charge in [0.05, 0.1) is 11.0 Å². The van der Waals surface area contributed by atoms with Crippen molar-refractivity contribution in [1.82, 2.24) is 10.6 Å². The van der Waals surface area contributed by atoms with Crippen LogP contribution in [0.3, 0.4) is 0 Å². The number of nitrogens with one attached hydrogen (secondary N) is 2. The van der Waals surface area contributed by atoms with Gasteiger partial charge in [0, 0.05) is 5.70 Å². The molecular weight excluding hydrogens is 216 g/mol. The van der Waals surface area contributed by atoms with E-state index in [1.807, 2.05) is 19.9 Å². The van der Waals surface area contributed by atoms with Gasteiger partial charge in [-0.3, -0.25) is 0 Å². The first kappa shape index (κ1) is 15.1. The van der Waals surface area contributed by atoms with Crippen LogP contribution in [0.1, 0.15) is 26.7 Å². The zero-order valence-corrected chi connectivity index (χ0v) is 11.1. The molecule has 0 aromatic carbocycles. The molecule has 0 spiro atoms. The highest BCUT2D eigenvalue weighted by molar-refractivity contribution is 7.80. The fraction of sp³-hybridized carbons (Fsp3) is 0.462.